The molecule has 1 fully saturated rings. The average Bonchev–Trinajstić information content (AvgIpc) is 2.67. The second-order valence-corrected chi connectivity index (χ2v) is 2.98. The van der Waals surface area contributed by atoms with E-state index in [2.05, 4.69) is 0 Å². The van der Waals surface area contributed by atoms with Crippen LogP contribution >= 0.6 is 0 Å². The fourth-order valence-corrected chi connectivity index (χ4v) is 1.00. The van der Waals surface area contributed by atoms with Crippen LogP contribution in [0, 0.1) is 11.3 Å². The largest absolute Gasteiger partial charge is 0.481 e. The number of aliphatic carboxylic acids is 1. The molecule has 0 radical (unpaired) electrons. The molecule has 0 spiro atoms. The third-order valence-electron chi connectivity index (χ3n) is 2.13. The van der Waals surface area contributed by atoms with Gasteiger partial charge in [-0.1, -0.05) is 0 Å². The lowest BCUT2D eigenvalue weighted by atomic mass is 9.87. The molecule has 0 aromatic rings. The van der Waals surface area contributed by atoms with Gasteiger partial charge in [0.25, 0.3) is 0 Å². The topological polar surface area (TPSA) is 54.4 Å². The molecule has 0 heterocycles. The summed E-state index contributed by atoms with van der Waals surface area (Å²) in [5.74, 6) is -0.910. The Kier molecular flexibility index (Phi) is 1.50. The van der Waals surface area contributed by atoms with Crippen molar-refractivity contribution in [2.24, 2.45) is 11.3 Å². The smallest absolute Gasteiger partial charge is 0.316 e. The van der Waals surface area contributed by atoms with Crippen LogP contribution in [0.25, 0.3) is 0 Å². The number of hydrogen-bond acceptors (Lipinski definition) is 2. The minimum Gasteiger partial charge on any atom is -0.481 e. The zero-order chi connectivity index (χ0) is 7.78. The minimum atomic E-state index is -1.11. The molecular weight excluding hydrogens is 132 g/mol. The van der Waals surface area contributed by atoms with Crippen molar-refractivity contribution in [3.63, 3.8) is 0 Å². The Morgan fingerprint density at radius 1 is 1.70 bits per heavy atom. The van der Waals surface area contributed by atoms with E-state index in [9.17, 15) is 9.59 Å². The molecule has 10 heavy (non-hydrogen) atoms. The molecule has 0 aliphatic heterocycles. The molecule has 0 unspecified atom stereocenters. The summed E-state index contributed by atoms with van der Waals surface area (Å²) in [6.45, 7) is 1.49. The summed E-state index contributed by atoms with van der Waals surface area (Å²) < 4.78 is 0. The van der Waals surface area contributed by atoms with Crippen molar-refractivity contribution in [1.29, 1.82) is 0 Å². The Morgan fingerprint density at radius 3 is 2.30 bits per heavy atom. The monoisotopic (exact) mass is 142 g/mol. The zero-order valence-electron chi connectivity index (χ0n) is 5.83. The van der Waals surface area contributed by atoms with E-state index in [0.717, 1.165) is 12.8 Å². The van der Waals surface area contributed by atoms with Crippen LogP contribution in [-0.2, 0) is 9.59 Å². The molecule has 0 aromatic heterocycles. The van der Waals surface area contributed by atoms with Crippen molar-refractivity contribution in [1.82, 2.24) is 0 Å². The van der Waals surface area contributed by atoms with Crippen LogP contribution in [0.1, 0.15) is 19.8 Å². The van der Waals surface area contributed by atoms with Crippen molar-refractivity contribution in [3.05, 3.63) is 0 Å². The average molecular weight is 142 g/mol. The van der Waals surface area contributed by atoms with Crippen LogP contribution in [0.2, 0.25) is 0 Å². The maximum Gasteiger partial charge on any atom is 0.316 e. The second-order valence-electron chi connectivity index (χ2n) is 2.98. The Labute approximate surface area is 59.0 Å². The van der Waals surface area contributed by atoms with Crippen molar-refractivity contribution >= 4 is 12.3 Å². The van der Waals surface area contributed by atoms with Gasteiger partial charge in [0, 0.05) is 0 Å². The summed E-state index contributed by atoms with van der Waals surface area (Å²) >= 11 is 0. The lowest BCUT2D eigenvalue weighted by Gasteiger charge is -2.15. The number of carbonyl (C=O) groups is 2. The summed E-state index contributed by atoms with van der Waals surface area (Å²) in [6, 6.07) is 0. The number of hydrogen-bond donors (Lipinski definition) is 1. The molecule has 1 N–H and O–H groups in total. The number of carboxylic acids is 1. The molecule has 0 saturated heterocycles. The van der Waals surface area contributed by atoms with Crippen molar-refractivity contribution in [2.45, 2.75) is 19.8 Å². The molecule has 0 bridgehead atoms. The van der Waals surface area contributed by atoms with E-state index in [1.54, 1.807) is 0 Å². The number of carbonyl (C=O) groups excluding carboxylic acids is 1. The Hall–Kier alpha value is -0.860. The van der Waals surface area contributed by atoms with E-state index in [-0.39, 0.29) is 5.92 Å². The van der Waals surface area contributed by atoms with Gasteiger partial charge in [0.2, 0.25) is 0 Å². The Bertz CT molecular complexity index is 172. The van der Waals surface area contributed by atoms with Crippen LogP contribution < -0.4 is 0 Å². The van der Waals surface area contributed by atoms with Gasteiger partial charge < -0.3 is 9.90 Å². The highest BCUT2D eigenvalue weighted by molar-refractivity contribution is 5.92. The van der Waals surface area contributed by atoms with E-state index in [1.165, 1.54) is 6.92 Å². The van der Waals surface area contributed by atoms with Gasteiger partial charge in [0.05, 0.1) is 0 Å². The molecule has 1 rings (SSSR count). The van der Waals surface area contributed by atoms with Crippen LogP contribution in [-0.4, -0.2) is 17.4 Å². The molecule has 1 atom stereocenters. The first-order valence-electron chi connectivity index (χ1n) is 3.31. The molecule has 0 aromatic carbocycles. The first-order valence-corrected chi connectivity index (χ1v) is 3.31. The predicted molar refractivity (Wildman–Crippen MR) is 34.5 cm³/mol. The van der Waals surface area contributed by atoms with Crippen LogP contribution in [0.4, 0.5) is 0 Å². The summed E-state index contributed by atoms with van der Waals surface area (Å²) in [4.78, 5) is 20.9. The normalized spacial score (nSPS) is 23.3. The molecule has 0 amide bonds. The predicted octanol–water partition coefficient (Wildman–Crippen LogP) is 0.686. The van der Waals surface area contributed by atoms with Crippen molar-refractivity contribution < 1.29 is 14.7 Å². The van der Waals surface area contributed by atoms with E-state index in [4.69, 9.17) is 5.11 Å². The zero-order valence-corrected chi connectivity index (χ0v) is 5.83. The minimum absolute atomic E-state index is 0.0856. The maximum absolute atomic E-state index is 10.5. The van der Waals surface area contributed by atoms with Gasteiger partial charge in [-0.05, 0) is 25.7 Å². The standard InChI is InChI=1S/C7H10O3/c1-7(4-8,6(9)10)5-2-3-5/h4-5H,2-3H2,1H3,(H,9,10)/t7-/m1/s1. The molecule has 1 saturated carbocycles. The van der Waals surface area contributed by atoms with Gasteiger partial charge in [0.15, 0.2) is 0 Å². The summed E-state index contributed by atoms with van der Waals surface area (Å²) in [6.07, 6.45) is 2.30. The van der Waals surface area contributed by atoms with Gasteiger partial charge in [-0.3, -0.25) is 4.79 Å². The van der Waals surface area contributed by atoms with E-state index in [1.807, 2.05) is 0 Å². The van der Waals surface area contributed by atoms with Gasteiger partial charge >= 0.3 is 5.97 Å². The van der Waals surface area contributed by atoms with Gasteiger partial charge in [-0.2, -0.15) is 0 Å². The first kappa shape index (κ1) is 7.25. The number of rotatable bonds is 3. The van der Waals surface area contributed by atoms with Crippen molar-refractivity contribution in [2.75, 3.05) is 0 Å². The highest BCUT2D eigenvalue weighted by Crippen LogP contribution is 2.44. The highest BCUT2D eigenvalue weighted by atomic mass is 16.4. The lowest BCUT2D eigenvalue weighted by Crippen LogP contribution is -2.31. The number of carboxylic acid groups (broad SMARTS) is 1. The lowest BCUT2D eigenvalue weighted by molar-refractivity contribution is -0.151. The maximum atomic E-state index is 10.5. The quantitative estimate of drug-likeness (QED) is 0.465. The van der Waals surface area contributed by atoms with E-state index in [0.29, 0.717) is 6.29 Å². The Balaban J connectivity index is 2.74. The summed E-state index contributed by atoms with van der Waals surface area (Å²) in [7, 11) is 0. The molecule has 1 aliphatic rings. The van der Waals surface area contributed by atoms with Gasteiger partial charge in [-0.15, -0.1) is 0 Å². The fraction of sp³-hybridized carbons (Fsp3) is 0.714. The third-order valence-corrected chi connectivity index (χ3v) is 2.13. The SMILES string of the molecule is C[C@](C=O)(C(=O)O)C1CC1. The fourth-order valence-electron chi connectivity index (χ4n) is 1.00. The van der Waals surface area contributed by atoms with Gasteiger partial charge in [0.1, 0.15) is 11.7 Å². The Morgan fingerprint density at radius 2 is 2.20 bits per heavy atom. The number of aldehydes is 1. The molecular formula is C7H10O3. The van der Waals surface area contributed by atoms with E-state index >= 15 is 0 Å². The molecule has 1 aliphatic carbocycles. The van der Waals surface area contributed by atoms with Crippen LogP contribution in [0.5, 0.6) is 0 Å². The third kappa shape index (κ3) is 0.916. The highest BCUT2D eigenvalue weighted by Gasteiger charge is 2.47. The summed E-state index contributed by atoms with van der Waals surface area (Å²) in [5.41, 5.74) is -1.11. The van der Waals surface area contributed by atoms with E-state index < -0.39 is 11.4 Å². The van der Waals surface area contributed by atoms with Crippen LogP contribution in [0.3, 0.4) is 0 Å². The van der Waals surface area contributed by atoms with Crippen LogP contribution in [0.15, 0.2) is 0 Å². The van der Waals surface area contributed by atoms with Gasteiger partial charge in [-0.25, -0.2) is 0 Å². The first-order chi connectivity index (χ1) is 4.61. The van der Waals surface area contributed by atoms with Crippen molar-refractivity contribution in [3.8, 4) is 0 Å². The molecule has 56 valence electrons. The second kappa shape index (κ2) is 2.08. The molecule has 3 heteroatoms. The molecule has 3 nitrogen and oxygen atoms in total. The summed E-state index contributed by atoms with van der Waals surface area (Å²) in [5, 5.41) is 8.61.